The van der Waals surface area contributed by atoms with Crippen molar-refractivity contribution in [3.63, 3.8) is 0 Å². The maximum absolute atomic E-state index is 13.6. The summed E-state index contributed by atoms with van der Waals surface area (Å²) in [5, 5.41) is 16.9. The number of amides is 2. The van der Waals surface area contributed by atoms with E-state index in [1.54, 1.807) is 12.1 Å². The summed E-state index contributed by atoms with van der Waals surface area (Å²) in [7, 11) is 0. The monoisotopic (exact) mass is 619 g/mol. The molecule has 3 aromatic rings. The summed E-state index contributed by atoms with van der Waals surface area (Å²) >= 11 is 6.19. The van der Waals surface area contributed by atoms with Gasteiger partial charge in [0.25, 0.3) is 17.5 Å². The summed E-state index contributed by atoms with van der Waals surface area (Å²) in [5.41, 5.74) is 3.01. The van der Waals surface area contributed by atoms with E-state index in [-0.39, 0.29) is 22.2 Å². The largest absolute Gasteiger partial charge is 0.379 e. The number of morpholine rings is 1. The quantitative estimate of drug-likeness (QED) is 0.167. The molecule has 0 spiro atoms. The second-order valence-electron chi connectivity index (χ2n) is 11.3. The van der Waals surface area contributed by atoms with Crippen molar-refractivity contribution < 1.29 is 19.2 Å². The first kappa shape index (κ1) is 31.4. The Balaban J connectivity index is 1.28. The lowest BCUT2D eigenvalue weighted by atomic mass is 9.89. The van der Waals surface area contributed by atoms with Crippen molar-refractivity contribution in [2.24, 2.45) is 5.92 Å². The summed E-state index contributed by atoms with van der Waals surface area (Å²) in [6.45, 7) is 6.36. The number of nitrogens with one attached hydrogen (secondary N) is 2. The number of piperidine rings is 1. The number of benzene rings is 3. The van der Waals surface area contributed by atoms with E-state index in [9.17, 15) is 19.7 Å². The minimum Gasteiger partial charge on any atom is -0.379 e. The molecule has 2 saturated heterocycles. The van der Waals surface area contributed by atoms with Crippen LogP contribution in [-0.4, -0.2) is 74.1 Å². The van der Waals surface area contributed by atoms with Gasteiger partial charge in [-0.15, -0.1) is 0 Å². The fraction of sp³-hybridized carbons (Fsp3) is 0.394. The normalized spacial score (nSPS) is 16.0. The summed E-state index contributed by atoms with van der Waals surface area (Å²) in [4.78, 5) is 41.7. The van der Waals surface area contributed by atoms with Crippen molar-refractivity contribution in [3.8, 4) is 0 Å². The van der Waals surface area contributed by atoms with Gasteiger partial charge in [-0.2, -0.15) is 0 Å². The summed E-state index contributed by atoms with van der Waals surface area (Å²) in [6, 6.07) is 19.6. The van der Waals surface area contributed by atoms with Crippen molar-refractivity contribution in [1.82, 2.24) is 10.2 Å². The molecule has 2 heterocycles. The molecule has 232 valence electrons. The standard InChI is InChI=1S/C33H38ClN5O5/c34-30-23-27(39(42)43)8-9-28(30)33(41)36-26-7-10-31(38-15-11-25(12-16-38)21-24-5-2-1-3-6-24)29(22-26)32(40)35-13-4-14-37-17-19-44-20-18-37/h1-3,5-10,22-23,25H,4,11-21H2,(H,35,40)(H,36,41). The van der Waals surface area contributed by atoms with Crippen molar-refractivity contribution in [2.75, 3.05) is 62.7 Å². The van der Waals surface area contributed by atoms with E-state index in [2.05, 4.69) is 44.7 Å². The Morgan fingerprint density at radius 2 is 1.68 bits per heavy atom. The maximum atomic E-state index is 13.6. The molecule has 2 N–H and O–H groups in total. The summed E-state index contributed by atoms with van der Waals surface area (Å²) in [5.74, 6) is -0.134. The van der Waals surface area contributed by atoms with Gasteiger partial charge in [-0.3, -0.25) is 24.6 Å². The van der Waals surface area contributed by atoms with Crippen molar-refractivity contribution in [3.05, 3.63) is 98.6 Å². The van der Waals surface area contributed by atoms with Crippen LogP contribution in [-0.2, 0) is 11.2 Å². The lowest BCUT2D eigenvalue weighted by Crippen LogP contribution is -2.38. The number of nitro groups is 1. The molecule has 11 heteroatoms. The van der Waals surface area contributed by atoms with Crippen LogP contribution < -0.4 is 15.5 Å². The SMILES string of the molecule is O=C(Nc1ccc(N2CCC(Cc3ccccc3)CC2)c(C(=O)NCCCN2CCOCC2)c1)c1ccc([N+](=O)[O-])cc1Cl. The fourth-order valence-corrected chi connectivity index (χ4v) is 6.08. The zero-order chi connectivity index (χ0) is 30.9. The Bertz CT molecular complexity index is 1460. The number of ether oxygens (including phenoxy) is 1. The lowest BCUT2D eigenvalue weighted by Gasteiger charge is -2.35. The van der Waals surface area contributed by atoms with Crippen LogP contribution >= 0.6 is 11.6 Å². The first-order chi connectivity index (χ1) is 21.4. The van der Waals surface area contributed by atoms with Gasteiger partial charge in [-0.25, -0.2) is 0 Å². The molecule has 0 unspecified atom stereocenters. The van der Waals surface area contributed by atoms with E-state index < -0.39 is 10.8 Å². The predicted molar refractivity (Wildman–Crippen MR) is 172 cm³/mol. The van der Waals surface area contributed by atoms with Crippen molar-refractivity contribution in [2.45, 2.75) is 25.7 Å². The van der Waals surface area contributed by atoms with Crippen molar-refractivity contribution >= 4 is 40.5 Å². The Morgan fingerprint density at radius 1 is 0.932 bits per heavy atom. The molecule has 44 heavy (non-hydrogen) atoms. The van der Waals surface area contributed by atoms with Crippen LogP contribution in [0, 0.1) is 16.0 Å². The molecular weight excluding hydrogens is 582 g/mol. The molecule has 2 aliphatic rings. The highest BCUT2D eigenvalue weighted by molar-refractivity contribution is 6.34. The zero-order valence-corrected chi connectivity index (χ0v) is 25.4. The van der Waals surface area contributed by atoms with Crippen LogP contribution in [0.15, 0.2) is 66.7 Å². The minimum atomic E-state index is -0.567. The number of non-ortho nitro benzene ring substituents is 1. The third kappa shape index (κ3) is 8.34. The number of anilines is 2. The first-order valence-corrected chi connectivity index (χ1v) is 15.5. The average molecular weight is 620 g/mol. The molecule has 0 saturated carbocycles. The predicted octanol–water partition coefficient (Wildman–Crippen LogP) is 5.41. The van der Waals surface area contributed by atoms with E-state index in [0.717, 1.165) is 83.4 Å². The van der Waals surface area contributed by atoms with E-state index in [4.69, 9.17) is 16.3 Å². The molecule has 2 aliphatic heterocycles. The molecule has 2 fully saturated rings. The van der Waals surface area contributed by atoms with Gasteiger partial charge in [0.15, 0.2) is 0 Å². The van der Waals surface area contributed by atoms with Gasteiger partial charge in [0.2, 0.25) is 0 Å². The fourth-order valence-electron chi connectivity index (χ4n) is 5.82. The highest BCUT2D eigenvalue weighted by atomic mass is 35.5. The van der Waals surface area contributed by atoms with Gasteiger partial charge < -0.3 is 20.3 Å². The number of nitro benzene ring substituents is 1. The molecule has 3 aromatic carbocycles. The van der Waals surface area contributed by atoms with Gasteiger partial charge >= 0.3 is 0 Å². The number of hydrogen-bond donors (Lipinski definition) is 2. The smallest absolute Gasteiger partial charge is 0.270 e. The van der Waals surface area contributed by atoms with Crippen LogP contribution in [0.25, 0.3) is 0 Å². The number of halogens is 1. The van der Waals surface area contributed by atoms with Crippen molar-refractivity contribution in [1.29, 1.82) is 0 Å². The van der Waals surface area contributed by atoms with E-state index >= 15 is 0 Å². The number of nitrogens with zero attached hydrogens (tertiary/aromatic N) is 3. The van der Waals surface area contributed by atoms with Crippen LogP contribution in [0.1, 0.15) is 45.5 Å². The maximum Gasteiger partial charge on any atom is 0.270 e. The van der Waals surface area contributed by atoms with Gasteiger partial charge in [0, 0.05) is 56.2 Å². The molecule has 10 nitrogen and oxygen atoms in total. The van der Waals surface area contributed by atoms with Gasteiger partial charge in [0.1, 0.15) is 0 Å². The first-order valence-electron chi connectivity index (χ1n) is 15.1. The topological polar surface area (TPSA) is 117 Å². The third-order valence-electron chi connectivity index (χ3n) is 8.27. The van der Waals surface area contributed by atoms with Gasteiger partial charge in [-0.1, -0.05) is 41.9 Å². The Kier molecular flexibility index (Phi) is 10.8. The zero-order valence-electron chi connectivity index (χ0n) is 24.7. The molecule has 2 amide bonds. The van der Waals surface area contributed by atoms with E-state index in [1.807, 2.05) is 12.1 Å². The van der Waals surface area contributed by atoms with Crippen LogP contribution in [0.3, 0.4) is 0 Å². The summed E-state index contributed by atoms with van der Waals surface area (Å²) < 4.78 is 5.42. The van der Waals surface area contributed by atoms with Gasteiger partial charge in [0.05, 0.1) is 34.3 Å². The van der Waals surface area contributed by atoms with Crippen LogP contribution in [0.2, 0.25) is 5.02 Å². The highest BCUT2D eigenvalue weighted by Gasteiger charge is 2.24. The molecule has 0 aliphatic carbocycles. The number of carbonyl (C=O) groups is 2. The Morgan fingerprint density at radius 3 is 2.39 bits per heavy atom. The molecule has 0 radical (unpaired) electrons. The average Bonchev–Trinajstić information content (AvgIpc) is 3.04. The Labute approximate surface area is 262 Å². The molecular formula is C33H38ClN5O5. The second-order valence-corrected chi connectivity index (χ2v) is 11.7. The molecule has 0 atom stereocenters. The molecule has 0 bridgehead atoms. The lowest BCUT2D eigenvalue weighted by molar-refractivity contribution is -0.384. The molecule has 5 rings (SSSR count). The highest BCUT2D eigenvalue weighted by Crippen LogP contribution is 2.31. The third-order valence-corrected chi connectivity index (χ3v) is 8.58. The summed E-state index contributed by atoms with van der Waals surface area (Å²) in [6.07, 6.45) is 3.90. The van der Waals surface area contributed by atoms with E-state index in [0.29, 0.717) is 23.7 Å². The second kappa shape index (κ2) is 15.1. The molecule has 0 aromatic heterocycles. The number of rotatable bonds is 11. The number of hydrogen-bond acceptors (Lipinski definition) is 7. The number of carbonyl (C=O) groups excluding carboxylic acids is 2. The van der Waals surface area contributed by atoms with Gasteiger partial charge in [-0.05, 0) is 68.0 Å². The van der Waals surface area contributed by atoms with Crippen LogP contribution in [0.5, 0.6) is 0 Å². The minimum absolute atomic E-state index is 0.0232. The van der Waals surface area contributed by atoms with E-state index in [1.165, 1.54) is 17.7 Å². The Hall–Kier alpha value is -3.99. The van der Waals surface area contributed by atoms with Crippen LogP contribution in [0.4, 0.5) is 17.1 Å².